The van der Waals surface area contributed by atoms with Gasteiger partial charge in [0.1, 0.15) is 0 Å². The van der Waals surface area contributed by atoms with E-state index < -0.39 is 150 Å². The van der Waals surface area contributed by atoms with Crippen molar-refractivity contribution in [3.63, 3.8) is 0 Å². The van der Waals surface area contributed by atoms with Crippen LogP contribution in [-0.4, -0.2) is 434 Å². The molecule has 0 unspecified atom stereocenters. The second-order valence-electron chi connectivity index (χ2n) is 12.0. The van der Waals surface area contributed by atoms with Crippen LogP contribution in [0.15, 0.2) is 0 Å². The summed E-state index contributed by atoms with van der Waals surface area (Å²) in [5.41, 5.74) is 0. The van der Waals surface area contributed by atoms with Gasteiger partial charge in [0.2, 0.25) is 0 Å². The normalized spacial score (nSPS) is 10.2. The number of hydrogen-bond donors (Lipinski definition) is 12. The molecule has 0 spiro atoms. The van der Waals surface area contributed by atoms with Crippen LogP contribution in [0.1, 0.15) is 0 Å². The van der Waals surface area contributed by atoms with E-state index in [0.29, 0.717) is 0 Å². The molecule has 30 nitrogen and oxygen atoms in total. The SMILES string of the molecule is O=C(O)CN(CCN(CC(=O)O)CC(=O)O)CC(=O)O.O=C(O)CN(CCN(CC(=O)O)CC(=O)O)CC(=O)O.O=C(O)CN(CCN(CC(=O)O)CC(=O)O)CC(=O)O.[K].[K].[K]. The Hall–Kier alpha value is -1.69. The molecule has 0 amide bonds. The Labute approximate surface area is 484 Å². The molecule has 0 saturated heterocycles. The maximum absolute atomic E-state index is 10.6. The fraction of sp³-hybridized carbons (Fsp3) is 0.600. The van der Waals surface area contributed by atoms with Crippen molar-refractivity contribution < 1.29 is 119 Å². The van der Waals surface area contributed by atoms with E-state index in [9.17, 15) is 57.5 Å². The average molecular weight is 994 g/mol. The number of hydrogen-bond acceptors (Lipinski definition) is 18. The van der Waals surface area contributed by atoms with Gasteiger partial charge in [-0.25, -0.2) is 0 Å². The third-order valence-electron chi connectivity index (χ3n) is 6.50. The van der Waals surface area contributed by atoms with E-state index in [4.69, 9.17) is 61.3 Å². The van der Waals surface area contributed by atoms with Crippen LogP contribution in [0, 0.1) is 0 Å². The minimum absolute atomic E-state index is 0. The van der Waals surface area contributed by atoms with E-state index in [1.165, 1.54) is 0 Å². The maximum Gasteiger partial charge on any atom is 0.317 e. The molecule has 0 atom stereocenters. The van der Waals surface area contributed by atoms with Crippen LogP contribution in [0.2, 0.25) is 0 Å². The van der Waals surface area contributed by atoms with Crippen LogP contribution in [0.3, 0.4) is 0 Å². The minimum Gasteiger partial charge on any atom is -0.480 e. The number of carboxylic acids is 12. The quantitative estimate of drug-likeness (QED) is 0.0272. The van der Waals surface area contributed by atoms with Crippen molar-refractivity contribution in [1.82, 2.24) is 29.4 Å². The second-order valence-corrected chi connectivity index (χ2v) is 12.0. The third-order valence-corrected chi connectivity index (χ3v) is 6.50. The molecule has 0 saturated carbocycles. The van der Waals surface area contributed by atoms with Crippen molar-refractivity contribution in [2.75, 3.05) is 118 Å². The zero-order chi connectivity index (χ0) is 47.1. The average Bonchev–Trinajstić information content (AvgIpc) is 3.02. The van der Waals surface area contributed by atoms with E-state index in [-0.39, 0.29) is 193 Å². The number of nitrogens with zero attached hydrogens (tertiary/aromatic N) is 6. The van der Waals surface area contributed by atoms with Crippen molar-refractivity contribution in [1.29, 1.82) is 0 Å². The second kappa shape index (κ2) is 42.9. The van der Waals surface area contributed by atoms with Gasteiger partial charge in [-0.15, -0.1) is 0 Å². The first-order chi connectivity index (χ1) is 27.6. The molecule has 0 bridgehead atoms. The fourth-order valence-corrected chi connectivity index (χ4v) is 4.43. The number of aliphatic carboxylic acids is 12. The van der Waals surface area contributed by atoms with Crippen LogP contribution in [0.25, 0.3) is 0 Å². The molecule has 3 radical (unpaired) electrons. The molecule has 0 aliphatic carbocycles. The zero-order valence-corrected chi connectivity index (χ0v) is 44.0. The van der Waals surface area contributed by atoms with E-state index >= 15 is 0 Å². The third kappa shape index (κ3) is 54.6. The molecule has 0 fully saturated rings. The van der Waals surface area contributed by atoms with Gasteiger partial charge in [-0.3, -0.25) is 86.9 Å². The molecule has 345 valence electrons. The number of rotatable bonds is 33. The predicted molar refractivity (Wildman–Crippen MR) is 208 cm³/mol. The van der Waals surface area contributed by atoms with Crippen molar-refractivity contribution in [2.45, 2.75) is 0 Å². The van der Waals surface area contributed by atoms with E-state index in [1.54, 1.807) is 0 Å². The van der Waals surface area contributed by atoms with Gasteiger partial charge in [0.05, 0.1) is 78.5 Å². The summed E-state index contributed by atoms with van der Waals surface area (Å²) < 4.78 is 0. The molecule has 0 rings (SSSR count). The van der Waals surface area contributed by atoms with Crippen LogP contribution in [0.4, 0.5) is 0 Å². The van der Waals surface area contributed by atoms with Crippen LogP contribution >= 0.6 is 0 Å². The Morgan fingerprint density at radius 2 is 0.254 bits per heavy atom. The van der Waals surface area contributed by atoms with Gasteiger partial charge >= 0.3 is 71.6 Å². The molecular formula is C30H48K3N6O24. The van der Waals surface area contributed by atoms with Gasteiger partial charge < -0.3 is 61.3 Å². The van der Waals surface area contributed by atoms with Gasteiger partial charge in [-0.05, 0) is 0 Å². The van der Waals surface area contributed by atoms with Gasteiger partial charge in [-0.2, -0.15) is 0 Å². The topological polar surface area (TPSA) is 467 Å². The molecule has 0 aromatic heterocycles. The fourth-order valence-electron chi connectivity index (χ4n) is 4.43. The number of carboxylic acid groups (broad SMARTS) is 12. The first-order valence-electron chi connectivity index (χ1n) is 16.6. The summed E-state index contributed by atoms with van der Waals surface area (Å²) in [5.74, 6) is -14.7. The van der Waals surface area contributed by atoms with E-state index in [2.05, 4.69) is 0 Å². The van der Waals surface area contributed by atoms with Gasteiger partial charge in [0.15, 0.2) is 0 Å². The summed E-state index contributed by atoms with van der Waals surface area (Å²) in [5, 5.41) is 103. The molecule has 33 heteroatoms. The number of carbonyl (C=O) groups is 12. The van der Waals surface area contributed by atoms with E-state index in [0.717, 1.165) is 29.4 Å². The van der Waals surface area contributed by atoms with Crippen molar-refractivity contribution in [2.24, 2.45) is 0 Å². The molecule has 0 aliphatic rings. The summed E-state index contributed by atoms with van der Waals surface area (Å²) in [4.78, 5) is 133. The van der Waals surface area contributed by atoms with Crippen molar-refractivity contribution in [3.8, 4) is 0 Å². The van der Waals surface area contributed by atoms with Gasteiger partial charge in [0.25, 0.3) is 0 Å². The van der Waals surface area contributed by atoms with E-state index in [1.807, 2.05) is 0 Å². The van der Waals surface area contributed by atoms with Crippen LogP contribution in [-0.2, 0) is 57.5 Å². The Morgan fingerprint density at radius 3 is 0.302 bits per heavy atom. The Morgan fingerprint density at radius 1 is 0.190 bits per heavy atom. The molecular weight excluding hydrogens is 946 g/mol. The summed E-state index contributed by atoms with van der Waals surface area (Å²) in [7, 11) is 0. The molecule has 0 aliphatic heterocycles. The molecule has 0 aromatic carbocycles. The Bertz CT molecular complexity index is 1130. The Balaban J connectivity index is -0.000000189. The Kier molecular flexibility index (Phi) is 49.7. The summed E-state index contributed by atoms with van der Waals surface area (Å²) in [6, 6.07) is 0. The maximum atomic E-state index is 10.6. The first-order valence-corrected chi connectivity index (χ1v) is 16.6. The molecule has 0 aromatic rings. The molecule has 12 N–H and O–H groups in total. The van der Waals surface area contributed by atoms with Crippen molar-refractivity contribution >= 4 is 226 Å². The summed E-state index contributed by atoms with van der Waals surface area (Å²) >= 11 is 0. The van der Waals surface area contributed by atoms with Crippen LogP contribution in [0.5, 0.6) is 0 Å². The van der Waals surface area contributed by atoms with Gasteiger partial charge in [-0.1, -0.05) is 0 Å². The summed E-state index contributed by atoms with van der Waals surface area (Å²) in [6.45, 7) is -6.75. The monoisotopic (exact) mass is 993 g/mol. The van der Waals surface area contributed by atoms with Crippen LogP contribution < -0.4 is 0 Å². The smallest absolute Gasteiger partial charge is 0.317 e. The zero-order valence-electron chi connectivity index (χ0n) is 34.7. The first kappa shape index (κ1) is 72.9. The minimum atomic E-state index is -1.23. The molecule has 63 heavy (non-hydrogen) atoms. The van der Waals surface area contributed by atoms with Gasteiger partial charge in [0, 0.05) is 193 Å². The predicted octanol–water partition coefficient (Wildman–Crippen LogP) is -7.36. The molecule has 0 heterocycles. The van der Waals surface area contributed by atoms with Crippen molar-refractivity contribution in [3.05, 3.63) is 0 Å². The largest absolute Gasteiger partial charge is 0.480 e. The summed E-state index contributed by atoms with van der Waals surface area (Å²) in [6.07, 6.45) is 0. The standard InChI is InChI=1S/3C10H16N2O8.3K/c3*13-7(14)3-11(4-8(15)16)1-2-12(5-9(17)18)6-10(19)20;;;/h3*1-6H2,(H,13,14)(H,15,16)(H,17,18)(H,19,20);;;.